The zero-order valence-electron chi connectivity index (χ0n) is 29.9. The van der Waals surface area contributed by atoms with Gasteiger partial charge < -0.3 is 0 Å². The minimum Gasteiger partial charge on any atom is -0.0613 e. The van der Waals surface area contributed by atoms with Crippen molar-refractivity contribution >= 4 is 38.4 Å². The maximum absolute atomic E-state index is 2.39. The molecule has 0 fully saturated rings. The minimum absolute atomic E-state index is 0.0623. The Kier molecular flexibility index (Phi) is 9.83. The van der Waals surface area contributed by atoms with Gasteiger partial charge in [-0.1, -0.05) is 173 Å². The smallest absolute Gasteiger partial charge is 0.00679 e. The molecular weight excluding hydrogens is 566 g/mol. The lowest BCUT2D eigenvalue weighted by atomic mass is 9.75. The van der Waals surface area contributed by atoms with Crippen molar-refractivity contribution in [1.82, 2.24) is 0 Å². The van der Waals surface area contributed by atoms with Gasteiger partial charge in [-0.3, -0.25) is 0 Å². The van der Waals surface area contributed by atoms with Crippen LogP contribution >= 0.6 is 17.2 Å². The minimum atomic E-state index is 0.0623. The molecule has 0 aliphatic carbocycles. The highest BCUT2D eigenvalue weighted by molar-refractivity contribution is 7.56. The van der Waals surface area contributed by atoms with E-state index in [9.17, 15) is 0 Å². The molecule has 4 aromatic carbocycles. The summed E-state index contributed by atoms with van der Waals surface area (Å²) in [5, 5.41) is 5.84. The predicted molar refractivity (Wildman–Crippen MR) is 204 cm³/mol. The van der Waals surface area contributed by atoms with Crippen molar-refractivity contribution in [2.75, 3.05) is 0 Å². The molecule has 4 aromatic rings. The van der Waals surface area contributed by atoms with Gasteiger partial charge in [0.15, 0.2) is 0 Å². The van der Waals surface area contributed by atoms with Gasteiger partial charge in [-0.25, -0.2) is 0 Å². The van der Waals surface area contributed by atoms with Crippen LogP contribution in [0.25, 0.3) is 11.1 Å². The van der Waals surface area contributed by atoms with E-state index < -0.39 is 0 Å². The molecule has 0 spiro atoms. The summed E-state index contributed by atoms with van der Waals surface area (Å²) in [6.07, 6.45) is 0. The van der Waals surface area contributed by atoms with E-state index in [0.29, 0.717) is 17.2 Å². The maximum Gasteiger partial charge on any atom is -0.00679 e. The number of benzene rings is 4. The van der Waals surface area contributed by atoms with Gasteiger partial charge >= 0.3 is 0 Å². The Morgan fingerprint density at radius 2 is 0.659 bits per heavy atom. The van der Waals surface area contributed by atoms with E-state index in [1.165, 1.54) is 65.7 Å². The molecule has 4 rings (SSSR count). The van der Waals surface area contributed by atoms with Crippen molar-refractivity contribution in [2.45, 2.75) is 119 Å². The average molecular weight is 623 g/mol. The van der Waals surface area contributed by atoms with Gasteiger partial charge in [0.1, 0.15) is 0 Å². The number of rotatable bonds is 5. The van der Waals surface area contributed by atoms with Crippen LogP contribution in [0.15, 0.2) is 72.8 Å². The van der Waals surface area contributed by atoms with Crippen LogP contribution in [0, 0.1) is 13.8 Å². The third-order valence-corrected chi connectivity index (χ3v) is 11.3. The SMILES string of the molecule is Cc1cccc(Pc2cccc(C(C)(C)C)c2C(C)(C)C)c1-c1c(C)cccc1Pc1cccc(C(C)(C)C)c1C(C)(C)C. The van der Waals surface area contributed by atoms with Gasteiger partial charge in [-0.2, -0.15) is 0 Å². The van der Waals surface area contributed by atoms with Crippen molar-refractivity contribution < 1.29 is 0 Å². The fourth-order valence-corrected chi connectivity index (χ4v) is 10.1. The van der Waals surface area contributed by atoms with Crippen LogP contribution in [-0.4, -0.2) is 0 Å². The molecule has 0 aliphatic rings. The molecule has 0 radical (unpaired) electrons. The Morgan fingerprint density at radius 1 is 0.364 bits per heavy atom. The van der Waals surface area contributed by atoms with Crippen molar-refractivity contribution in [3.05, 3.63) is 106 Å². The molecule has 0 heterocycles. The number of hydrogen-bond donors (Lipinski definition) is 0. The Morgan fingerprint density at radius 3 is 0.955 bits per heavy atom. The van der Waals surface area contributed by atoms with Gasteiger partial charge in [-0.15, -0.1) is 0 Å². The van der Waals surface area contributed by atoms with Crippen LogP contribution in [0.3, 0.4) is 0 Å². The third kappa shape index (κ3) is 7.41. The lowest BCUT2D eigenvalue weighted by Gasteiger charge is -2.33. The number of hydrogen-bond acceptors (Lipinski definition) is 0. The van der Waals surface area contributed by atoms with Gasteiger partial charge in [0.05, 0.1) is 0 Å². The molecule has 0 aliphatic heterocycles. The van der Waals surface area contributed by atoms with E-state index in [1.807, 2.05) is 0 Å². The van der Waals surface area contributed by atoms with Crippen LogP contribution in [0.5, 0.6) is 0 Å². The molecule has 234 valence electrons. The fourth-order valence-electron chi connectivity index (χ4n) is 6.68. The molecule has 44 heavy (non-hydrogen) atoms. The topological polar surface area (TPSA) is 0 Å². The molecule has 2 unspecified atom stereocenters. The summed E-state index contributed by atoms with van der Waals surface area (Å²) >= 11 is 0. The second-order valence-electron chi connectivity index (χ2n) is 16.7. The largest absolute Gasteiger partial charge is 0.0613 e. The summed E-state index contributed by atoms with van der Waals surface area (Å²) in [5.41, 5.74) is 11.8. The van der Waals surface area contributed by atoms with E-state index in [4.69, 9.17) is 0 Å². The van der Waals surface area contributed by atoms with Crippen LogP contribution in [0.1, 0.15) is 116 Å². The second-order valence-corrected chi connectivity index (χ2v) is 19.4. The summed E-state index contributed by atoms with van der Waals surface area (Å²) in [6, 6.07) is 27.9. The molecule has 0 nitrogen and oxygen atoms in total. The standard InChI is InChI=1S/C42H56P2/c1-27-19-15-23-31(43-33-25-17-21-29(39(3,4)5)37(33)41(9,10)11)35(27)36-28(2)20-16-24-32(36)44-34-26-18-22-30(40(6,7)8)38(34)42(12,13)14/h15-26,43-44H,1-14H3. The van der Waals surface area contributed by atoms with Crippen molar-refractivity contribution in [3.8, 4) is 11.1 Å². The molecule has 0 bridgehead atoms. The molecular formula is C42H56P2. The Labute approximate surface area is 273 Å². The lowest BCUT2D eigenvalue weighted by molar-refractivity contribution is 0.533. The fraction of sp³-hybridized carbons (Fsp3) is 0.429. The summed E-state index contributed by atoms with van der Waals surface area (Å²) in [6.45, 7) is 33.0. The summed E-state index contributed by atoms with van der Waals surface area (Å²) in [4.78, 5) is 0. The summed E-state index contributed by atoms with van der Waals surface area (Å²) in [5.74, 6) is 0. The van der Waals surface area contributed by atoms with Crippen molar-refractivity contribution in [2.24, 2.45) is 0 Å². The molecule has 2 atom stereocenters. The van der Waals surface area contributed by atoms with Crippen molar-refractivity contribution in [1.29, 1.82) is 0 Å². The molecule has 2 heteroatoms. The highest BCUT2D eigenvalue weighted by atomic mass is 31.1. The van der Waals surface area contributed by atoms with Gasteiger partial charge in [-0.05, 0) is 101 Å². The zero-order valence-corrected chi connectivity index (χ0v) is 31.9. The van der Waals surface area contributed by atoms with Gasteiger partial charge in [0.2, 0.25) is 0 Å². The quantitative estimate of drug-likeness (QED) is 0.194. The molecule has 0 saturated heterocycles. The van der Waals surface area contributed by atoms with Crippen LogP contribution in [0.4, 0.5) is 0 Å². The van der Waals surface area contributed by atoms with E-state index >= 15 is 0 Å². The first kappa shape index (κ1) is 34.6. The Hall–Kier alpha value is -2.26. The normalized spacial score (nSPS) is 13.5. The van der Waals surface area contributed by atoms with Gasteiger partial charge in [0, 0.05) is 0 Å². The first-order valence-electron chi connectivity index (χ1n) is 16.2. The highest BCUT2D eigenvalue weighted by Crippen LogP contribution is 2.39. The zero-order chi connectivity index (χ0) is 32.8. The average Bonchev–Trinajstić information content (AvgIpc) is 2.87. The summed E-state index contributed by atoms with van der Waals surface area (Å²) in [7, 11) is 1.18. The van der Waals surface area contributed by atoms with E-state index in [2.05, 4.69) is 170 Å². The monoisotopic (exact) mass is 622 g/mol. The molecule has 0 amide bonds. The van der Waals surface area contributed by atoms with E-state index in [0.717, 1.165) is 0 Å². The molecule has 0 saturated carbocycles. The molecule has 0 aromatic heterocycles. The summed E-state index contributed by atoms with van der Waals surface area (Å²) < 4.78 is 0. The lowest BCUT2D eigenvalue weighted by Crippen LogP contribution is -2.29. The van der Waals surface area contributed by atoms with Gasteiger partial charge in [0.25, 0.3) is 0 Å². The van der Waals surface area contributed by atoms with Crippen LogP contribution in [-0.2, 0) is 21.7 Å². The third-order valence-electron chi connectivity index (χ3n) is 8.58. The van der Waals surface area contributed by atoms with Crippen molar-refractivity contribution in [3.63, 3.8) is 0 Å². The Bertz CT molecular complexity index is 1520. The van der Waals surface area contributed by atoms with E-state index in [-0.39, 0.29) is 21.7 Å². The Balaban J connectivity index is 1.94. The predicted octanol–water partition coefficient (Wildman–Crippen LogP) is 10.4. The first-order chi connectivity index (χ1) is 20.2. The van der Waals surface area contributed by atoms with Crippen LogP contribution in [0.2, 0.25) is 0 Å². The van der Waals surface area contributed by atoms with E-state index in [1.54, 1.807) is 0 Å². The number of aryl methyl sites for hydroxylation is 2. The maximum atomic E-state index is 2.39. The second kappa shape index (κ2) is 12.5. The van der Waals surface area contributed by atoms with Crippen LogP contribution < -0.4 is 21.2 Å². The first-order valence-corrected chi connectivity index (χ1v) is 18.2. The molecule has 0 N–H and O–H groups in total. The highest BCUT2D eigenvalue weighted by Gasteiger charge is 2.30.